The number of nitrogens with zero attached hydrogens (tertiary/aromatic N) is 4. The number of ether oxygens (including phenoxy) is 1. The van der Waals surface area contributed by atoms with Crippen LogP contribution >= 0.6 is 22.6 Å². The molecule has 2 aromatic heterocycles. The zero-order valence-electron chi connectivity index (χ0n) is 17.3. The van der Waals surface area contributed by atoms with Gasteiger partial charge in [0, 0.05) is 21.0 Å². The Balaban J connectivity index is 1.42. The lowest BCUT2D eigenvalue weighted by Gasteiger charge is -2.09. The quantitative estimate of drug-likeness (QED) is 0.361. The lowest BCUT2D eigenvalue weighted by Crippen LogP contribution is -2.13. The minimum Gasteiger partial charge on any atom is -0.438 e. The Labute approximate surface area is 193 Å². The highest BCUT2D eigenvalue weighted by Crippen LogP contribution is 2.23. The van der Waals surface area contributed by atoms with E-state index in [1.807, 2.05) is 45.0 Å². The van der Waals surface area contributed by atoms with Gasteiger partial charge in [0.25, 0.3) is 5.91 Å². The summed E-state index contributed by atoms with van der Waals surface area (Å²) < 4.78 is 8.44. The van der Waals surface area contributed by atoms with Crippen LogP contribution in [0, 0.1) is 24.3 Å². The second-order valence-corrected chi connectivity index (χ2v) is 8.16. The molecule has 1 amide bonds. The number of nitrogens with one attached hydrogen (secondary N) is 1. The van der Waals surface area contributed by atoms with E-state index < -0.39 is 0 Å². The van der Waals surface area contributed by atoms with Gasteiger partial charge in [-0.25, -0.2) is 4.68 Å². The predicted octanol–water partition coefficient (Wildman–Crippen LogP) is 5.24. The summed E-state index contributed by atoms with van der Waals surface area (Å²) in [5.41, 5.74) is 4.45. The highest BCUT2D eigenvalue weighted by atomic mass is 127. The Bertz CT molecular complexity index is 1230. The standard InChI is InChI=1S/C23H20IN5O2/c1-14-15(2)28-29(16(14)3)21-12-13-22(27-26-21)31-18-10-8-17(9-11-18)25-23(30)19-6-4-5-7-20(19)24/h4-13H,1-3H3,(H,25,30). The van der Waals surface area contributed by atoms with Gasteiger partial charge in [-0.2, -0.15) is 5.10 Å². The van der Waals surface area contributed by atoms with Crippen molar-refractivity contribution in [3.63, 3.8) is 0 Å². The average molecular weight is 525 g/mol. The van der Waals surface area contributed by atoms with Crippen LogP contribution in [-0.2, 0) is 0 Å². The van der Waals surface area contributed by atoms with Crippen molar-refractivity contribution in [1.82, 2.24) is 20.0 Å². The number of hydrogen-bond donors (Lipinski definition) is 1. The Kier molecular flexibility index (Phi) is 5.99. The lowest BCUT2D eigenvalue weighted by atomic mass is 10.2. The molecule has 0 atom stereocenters. The van der Waals surface area contributed by atoms with Crippen LogP contribution in [0.2, 0.25) is 0 Å². The molecule has 0 spiro atoms. The first-order valence-electron chi connectivity index (χ1n) is 9.63. The first-order chi connectivity index (χ1) is 14.9. The zero-order valence-corrected chi connectivity index (χ0v) is 19.4. The van der Waals surface area contributed by atoms with E-state index in [1.165, 1.54) is 0 Å². The number of aromatic nitrogens is 4. The van der Waals surface area contributed by atoms with E-state index >= 15 is 0 Å². The van der Waals surface area contributed by atoms with Gasteiger partial charge in [0.1, 0.15) is 5.75 Å². The van der Waals surface area contributed by atoms with E-state index in [9.17, 15) is 4.79 Å². The SMILES string of the molecule is Cc1nn(-c2ccc(Oc3ccc(NC(=O)c4ccccc4I)cc3)nn2)c(C)c1C. The molecule has 0 saturated carbocycles. The van der Waals surface area contributed by atoms with Gasteiger partial charge in [-0.1, -0.05) is 12.1 Å². The van der Waals surface area contributed by atoms with Gasteiger partial charge >= 0.3 is 0 Å². The average Bonchev–Trinajstić information content (AvgIpc) is 3.03. The monoisotopic (exact) mass is 525 g/mol. The maximum absolute atomic E-state index is 12.4. The van der Waals surface area contributed by atoms with Crippen molar-refractivity contribution in [2.75, 3.05) is 5.32 Å². The minimum atomic E-state index is -0.153. The van der Waals surface area contributed by atoms with Crippen LogP contribution < -0.4 is 10.1 Å². The first kappa shape index (κ1) is 21.0. The van der Waals surface area contributed by atoms with Crippen molar-refractivity contribution in [1.29, 1.82) is 0 Å². The highest BCUT2D eigenvalue weighted by Gasteiger charge is 2.12. The fraction of sp³-hybridized carbons (Fsp3) is 0.130. The molecule has 1 N–H and O–H groups in total. The number of carbonyl (C=O) groups is 1. The maximum Gasteiger partial charge on any atom is 0.256 e. The van der Waals surface area contributed by atoms with Gasteiger partial charge in [0.2, 0.25) is 5.88 Å². The first-order valence-corrected chi connectivity index (χ1v) is 10.7. The van der Waals surface area contributed by atoms with Crippen LogP contribution in [0.4, 0.5) is 5.69 Å². The van der Waals surface area contributed by atoms with E-state index in [-0.39, 0.29) is 5.91 Å². The molecule has 0 aliphatic carbocycles. The molecule has 0 fully saturated rings. The Morgan fingerprint density at radius 2 is 1.71 bits per heavy atom. The number of amides is 1. The summed E-state index contributed by atoms with van der Waals surface area (Å²) >= 11 is 2.15. The largest absolute Gasteiger partial charge is 0.438 e. The van der Waals surface area contributed by atoms with E-state index in [1.54, 1.807) is 41.1 Å². The summed E-state index contributed by atoms with van der Waals surface area (Å²) in [5, 5.41) is 15.8. The second kappa shape index (κ2) is 8.84. The number of aryl methyl sites for hydroxylation is 1. The third-order valence-electron chi connectivity index (χ3n) is 4.95. The second-order valence-electron chi connectivity index (χ2n) is 7.00. The number of hydrogen-bond acceptors (Lipinski definition) is 5. The number of anilines is 1. The molecule has 4 aromatic rings. The van der Waals surface area contributed by atoms with Gasteiger partial charge in [-0.05, 0) is 91.4 Å². The van der Waals surface area contributed by atoms with E-state index in [0.717, 1.165) is 20.5 Å². The van der Waals surface area contributed by atoms with Gasteiger partial charge in [-0.3, -0.25) is 4.79 Å². The van der Waals surface area contributed by atoms with Gasteiger partial charge < -0.3 is 10.1 Å². The molecule has 0 aliphatic rings. The highest BCUT2D eigenvalue weighted by molar-refractivity contribution is 14.1. The molecule has 0 aliphatic heterocycles. The van der Waals surface area contributed by atoms with Crippen LogP contribution in [0.1, 0.15) is 27.3 Å². The molecule has 156 valence electrons. The molecule has 8 heteroatoms. The molecule has 2 heterocycles. The van der Waals surface area contributed by atoms with Crippen LogP contribution in [0.5, 0.6) is 11.6 Å². The maximum atomic E-state index is 12.4. The van der Waals surface area contributed by atoms with E-state index in [4.69, 9.17) is 4.74 Å². The summed E-state index contributed by atoms with van der Waals surface area (Å²) in [5.74, 6) is 1.45. The Hall–Kier alpha value is -3.27. The molecule has 0 bridgehead atoms. The molecule has 4 rings (SSSR count). The lowest BCUT2D eigenvalue weighted by molar-refractivity contribution is 0.102. The smallest absolute Gasteiger partial charge is 0.256 e. The fourth-order valence-electron chi connectivity index (χ4n) is 2.99. The summed E-state index contributed by atoms with van der Waals surface area (Å²) in [4.78, 5) is 12.4. The summed E-state index contributed by atoms with van der Waals surface area (Å²) in [6.45, 7) is 6.00. The van der Waals surface area contributed by atoms with Crippen molar-refractivity contribution in [3.05, 3.63) is 86.7 Å². The van der Waals surface area contributed by atoms with Crippen LogP contribution in [0.3, 0.4) is 0 Å². The third kappa shape index (κ3) is 4.58. The molecule has 7 nitrogen and oxygen atoms in total. The number of rotatable bonds is 5. The summed E-state index contributed by atoms with van der Waals surface area (Å²) in [6, 6.07) is 18.1. The molecular weight excluding hydrogens is 505 g/mol. The van der Waals surface area contributed by atoms with Crippen molar-refractivity contribution in [3.8, 4) is 17.4 Å². The molecule has 2 aromatic carbocycles. The molecule has 0 saturated heterocycles. The van der Waals surface area contributed by atoms with Crippen molar-refractivity contribution < 1.29 is 9.53 Å². The fourth-order valence-corrected chi connectivity index (χ4v) is 3.63. The number of carbonyl (C=O) groups excluding carboxylic acids is 1. The minimum absolute atomic E-state index is 0.153. The third-order valence-corrected chi connectivity index (χ3v) is 5.89. The number of benzene rings is 2. The Morgan fingerprint density at radius 3 is 2.32 bits per heavy atom. The summed E-state index contributed by atoms with van der Waals surface area (Å²) in [7, 11) is 0. The van der Waals surface area contributed by atoms with Crippen molar-refractivity contribution in [2.24, 2.45) is 0 Å². The normalized spacial score (nSPS) is 10.7. The number of halogens is 1. The van der Waals surface area contributed by atoms with Crippen LogP contribution in [0.25, 0.3) is 5.82 Å². The summed E-state index contributed by atoms with van der Waals surface area (Å²) in [6.07, 6.45) is 0. The predicted molar refractivity (Wildman–Crippen MR) is 127 cm³/mol. The molecule has 0 radical (unpaired) electrons. The molecule has 31 heavy (non-hydrogen) atoms. The van der Waals surface area contributed by atoms with Gasteiger partial charge in [0.05, 0.1) is 11.3 Å². The van der Waals surface area contributed by atoms with Crippen LogP contribution in [-0.4, -0.2) is 25.9 Å². The van der Waals surface area contributed by atoms with Crippen LogP contribution in [0.15, 0.2) is 60.7 Å². The van der Waals surface area contributed by atoms with Gasteiger partial charge in [-0.15, -0.1) is 10.2 Å². The Morgan fingerprint density at radius 1 is 0.968 bits per heavy atom. The van der Waals surface area contributed by atoms with Crippen molar-refractivity contribution in [2.45, 2.75) is 20.8 Å². The molecule has 0 unspecified atom stereocenters. The van der Waals surface area contributed by atoms with Gasteiger partial charge in [0.15, 0.2) is 5.82 Å². The van der Waals surface area contributed by atoms with E-state index in [2.05, 4.69) is 43.2 Å². The zero-order chi connectivity index (χ0) is 22.0. The molecular formula is C23H20IN5O2. The topological polar surface area (TPSA) is 81.9 Å². The van der Waals surface area contributed by atoms with Crippen molar-refractivity contribution >= 4 is 34.2 Å². The van der Waals surface area contributed by atoms with E-state index in [0.29, 0.717) is 28.7 Å².